The SMILES string of the molecule is Cc1cnn(C)c1-c1ccc2cc(O)ccc2c1. The van der Waals surface area contributed by atoms with Gasteiger partial charge in [0.1, 0.15) is 5.75 Å². The Labute approximate surface area is 105 Å². The molecule has 0 saturated heterocycles. The molecule has 3 aromatic rings. The number of fused-ring (bicyclic) bond motifs is 1. The van der Waals surface area contributed by atoms with Crippen LogP contribution in [0.15, 0.2) is 42.6 Å². The van der Waals surface area contributed by atoms with Crippen LogP contribution in [0, 0.1) is 6.92 Å². The molecule has 0 atom stereocenters. The average molecular weight is 238 g/mol. The maximum Gasteiger partial charge on any atom is 0.116 e. The maximum absolute atomic E-state index is 9.46. The highest BCUT2D eigenvalue weighted by Crippen LogP contribution is 2.28. The summed E-state index contributed by atoms with van der Waals surface area (Å²) < 4.78 is 1.89. The molecular formula is C15H14N2O. The van der Waals surface area contributed by atoms with E-state index in [1.165, 1.54) is 0 Å². The maximum atomic E-state index is 9.46. The van der Waals surface area contributed by atoms with Gasteiger partial charge < -0.3 is 5.11 Å². The molecule has 3 heteroatoms. The van der Waals surface area contributed by atoms with E-state index >= 15 is 0 Å². The molecule has 3 nitrogen and oxygen atoms in total. The topological polar surface area (TPSA) is 38.0 Å². The van der Waals surface area contributed by atoms with E-state index in [2.05, 4.69) is 24.2 Å². The summed E-state index contributed by atoms with van der Waals surface area (Å²) in [4.78, 5) is 0. The number of aryl methyl sites for hydroxylation is 2. The number of nitrogens with zero attached hydrogens (tertiary/aromatic N) is 2. The van der Waals surface area contributed by atoms with Gasteiger partial charge in [0.05, 0.1) is 11.9 Å². The molecule has 0 radical (unpaired) electrons. The molecule has 2 aromatic carbocycles. The molecule has 0 fully saturated rings. The summed E-state index contributed by atoms with van der Waals surface area (Å²) in [6.45, 7) is 2.06. The van der Waals surface area contributed by atoms with Gasteiger partial charge in [-0.2, -0.15) is 5.10 Å². The molecule has 0 bridgehead atoms. The summed E-state index contributed by atoms with van der Waals surface area (Å²) in [5.74, 6) is 0.298. The second-order valence-electron chi connectivity index (χ2n) is 4.55. The molecule has 90 valence electrons. The number of hydrogen-bond donors (Lipinski definition) is 1. The molecule has 1 heterocycles. The Morgan fingerprint density at radius 2 is 1.78 bits per heavy atom. The average Bonchev–Trinajstić information content (AvgIpc) is 2.69. The van der Waals surface area contributed by atoms with Crippen molar-refractivity contribution in [3.8, 4) is 17.0 Å². The highest BCUT2D eigenvalue weighted by molar-refractivity contribution is 5.88. The Bertz CT molecular complexity index is 709. The van der Waals surface area contributed by atoms with Crippen LogP contribution in [0.1, 0.15) is 5.56 Å². The summed E-state index contributed by atoms with van der Waals surface area (Å²) >= 11 is 0. The van der Waals surface area contributed by atoms with E-state index in [1.807, 2.05) is 30.1 Å². The zero-order valence-corrected chi connectivity index (χ0v) is 10.4. The van der Waals surface area contributed by atoms with Gasteiger partial charge in [-0.05, 0) is 41.5 Å². The first kappa shape index (κ1) is 10.8. The first-order chi connectivity index (χ1) is 8.65. The van der Waals surface area contributed by atoms with Crippen molar-refractivity contribution in [2.45, 2.75) is 6.92 Å². The first-order valence-electron chi connectivity index (χ1n) is 5.87. The van der Waals surface area contributed by atoms with E-state index in [4.69, 9.17) is 0 Å². The molecule has 0 saturated carbocycles. The van der Waals surface area contributed by atoms with Crippen LogP contribution in [0.25, 0.3) is 22.0 Å². The normalized spacial score (nSPS) is 11.0. The van der Waals surface area contributed by atoms with Crippen LogP contribution >= 0.6 is 0 Å². The predicted molar refractivity (Wildman–Crippen MR) is 72.6 cm³/mol. The van der Waals surface area contributed by atoms with Gasteiger partial charge in [-0.3, -0.25) is 4.68 Å². The van der Waals surface area contributed by atoms with Gasteiger partial charge >= 0.3 is 0 Å². The third-order valence-electron chi connectivity index (χ3n) is 3.22. The van der Waals surface area contributed by atoms with Crippen molar-refractivity contribution in [2.24, 2.45) is 7.05 Å². The minimum absolute atomic E-state index is 0.298. The molecule has 3 rings (SSSR count). The van der Waals surface area contributed by atoms with E-state index in [9.17, 15) is 5.11 Å². The lowest BCUT2D eigenvalue weighted by molar-refractivity contribution is 0.476. The smallest absolute Gasteiger partial charge is 0.116 e. The lowest BCUT2D eigenvalue weighted by atomic mass is 10.0. The third kappa shape index (κ3) is 1.64. The van der Waals surface area contributed by atoms with Gasteiger partial charge in [-0.1, -0.05) is 18.2 Å². The van der Waals surface area contributed by atoms with E-state index in [0.717, 1.165) is 27.6 Å². The molecule has 0 aliphatic rings. The molecule has 1 aromatic heterocycles. The first-order valence-corrected chi connectivity index (χ1v) is 5.87. The Balaban J connectivity index is 2.23. The summed E-state index contributed by atoms with van der Waals surface area (Å²) in [5.41, 5.74) is 3.44. The van der Waals surface area contributed by atoms with Gasteiger partial charge in [0, 0.05) is 12.6 Å². The van der Waals surface area contributed by atoms with Crippen molar-refractivity contribution in [1.82, 2.24) is 9.78 Å². The summed E-state index contributed by atoms with van der Waals surface area (Å²) in [5, 5.41) is 15.9. The fourth-order valence-corrected chi connectivity index (χ4v) is 2.34. The van der Waals surface area contributed by atoms with Crippen LogP contribution in [0.3, 0.4) is 0 Å². The lowest BCUT2D eigenvalue weighted by Crippen LogP contribution is -1.94. The number of phenols is 1. The largest absolute Gasteiger partial charge is 0.508 e. The van der Waals surface area contributed by atoms with Crippen molar-refractivity contribution in [3.63, 3.8) is 0 Å². The van der Waals surface area contributed by atoms with Crippen LogP contribution in [0.5, 0.6) is 5.75 Å². The molecule has 0 spiro atoms. The van der Waals surface area contributed by atoms with Crippen LogP contribution < -0.4 is 0 Å². The van der Waals surface area contributed by atoms with Crippen molar-refractivity contribution < 1.29 is 5.11 Å². The fraction of sp³-hybridized carbons (Fsp3) is 0.133. The molecule has 0 aliphatic heterocycles. The molecular weight excluding hydrogens is 224 g/mol. The Hall–Kier alpha value is -2.29. The molecule has 0 unspecified atom stereocenters. The third-order valence-corrected chi connectivity index (χ3v) is 3.22. The van der Waals surface area contributed by atoms with Gasteiger partial charge in [0.2, 0.25) is 0 Å². The Morgan fingerprint density at radius 3 is 2.50 bits per heavy atom. The quantitative estimate of drug-likeness (QED) is 0.706. The standard InChI is InChI=1S/C15H14N2O/c1-10-9-16-17(2)15(10)13-4-3-12-8-14(18)6-5-11(12)7-13/h3-9,18H,1-2H3. The number of benzene rings is 2. The zero-order valence-electron chi connectivity index (χ0n) is 10.4. The molecule has 0 amide bonds. The second kappa shape index (κ2) is 3.88. The van der Waals surface area contributed by atoms with Crippen molar-refractivity contribution in [3.05, 3.63) is 48.2 Å². The van der Waals surface area contributed by atoms with E-state index < -0.39 is 0 Å². The number of rotatable bonds is 1. The van der Waals surface area contributed by atoms with Crippen LogP contribution in [-0.2, 0) is 7.05 Å². The van der Waals surface area contributed by atoms with Crippen molar-refractivity contribution >= 4 is 10.8 Å². The summed E-state index contributed by atoms with van der Waals surface area (Å²) in [6.07, 6.45) is 1.87. The molecule has 18 heavy (non-hydrogen) atoms. The minimum Gasteiger partial charge on any atom is -0.508 e. The van der Waals surface area contributed by atoms with Crippen LogP contribution in [0.2, 0.25) is 0 Å². The predicted octanol–water partition coefficient (Wildman–Crippen LogP) is 3.25. The monoisotopic (exact) mass is 238 g/mol. The highest BCUT2D eigenvalue weighted by atomic mass is 16.3. The van der Waals surface area contributed by atoms with Crippen LogP contribution in [-0.4, -0.2) is 14.9 Å². The second-order valence-corrected chi connectivity index (χ2v) is 4.55. The van der Waals surface area contributed by atoms with Gasteiger partial charge in [0.15, 0.2) is 0 Å². The number of aromatic hydroxyl groups is 1. The van der Waals surface area contributed by atoms with Gasteiger partial charge in [-0.25, -0.2) is 0 Å². The number of aromatic nitrogens is 2. The van der Waals surface area contributed by atoms with E-state index in [0.29, 0.717) is 5.75 Å². The Morgan fingerprint density at radius 1 is 1.06 bits per heavy atom. The number of phenolic OH excluding ortho intramolecular Hbond substituents is 1. The fourth-order valence-electron chi connectivity index (χ4n) is 2.34. The summed E-state index contributed by atoms with van der Waals surface area (Å²) in [7, 11) is 1.95. The molecule has 1 N–H and O–H groups in total. The van der Waals surface area contributed by atoms with Gasteiger partial charge in [-0.15, -0.1) is 0 Å². The van der Waals surface area contributed by atoms with Crippen molar-refractivity contribution in [2.75, 3.05) is 0 Å². The number of hydrogen-bond acceptors (Lipinski definition) is 2. The molecule has 0 aliphatic carbocycles. The summed E-state index contributed by atoms with van der Waals surface area (Å²) in [6, 6.07) is 11.6. The van der Waals surface area contributed by atoms with Gasteiger partial charge in [0.25, 0.3) is 0 Å². The van der Waals surface area contributed by atoms with E-state index in [1.54, 1.807) is 12.1 Å². The van der Waals surface area contributed by atoms with E-state index in [-0.39, 0.29) is 0 Å². The highest BCUT2D eigenvalue weighted by Gasteiger charge is 2.08. The zero-order chi connectivity index (χ0) is 12.7. The lowest BCUT2D eigenvalue weighted by Gasteiger charge is -2.06. The van der Waals surface area contributed by atoms with Crippen LogP contribution in [0.4, 0.5) is 0 Å². The minimum atomic E-state index is 0.298. The Kier molecular flexibility index (Phi) is 2.33. The van der Waals surface area contributed by atoms with Crippen molar-refractivity contribution in [1.29, 1.82) is 0 Å².